The van der Waals surface area contributed by atoms with Crippen molar-refractivity contribution >= 4 is 60.2 Å². The van der Waals surface area contributed by atoms with E-state index < -0.39 is 15.0 Å². The van der Waals surface area contributed by atoms with Crippen LogP contribution in [0.2, 0.25) is 9.88 Å². The molecule has 0 aromatic heterocycles. The van der Waals surface area contributed by atoms with Gasteiger partial charge in [-0.05, 0) is 11.1 Å². The van der Waals surface area contributed by atoms with Crippen molar-refractivity contribution in [2.45, 2.75) is 9.88 Å². The number of benzene rings is 1. The maximum atomic E-state index is 5.66. The molecule has 2 aliphatic heterocycles. The molecule has 0 aliphatic carbocycles. The van der Waals surface area contributed by atoms with Gasteiger partial charge in [0.1, 0.15) is 0 Å². The van der Waals surface area contributed by atoms with Crippen LogP contribution in [0.4, 0.5) is 11.4 Å². The van der Waals surface area contributed by atoms with Gasteiger partial charge in [-0.2, -0.15) is 0 Å². The van der Waals surface area contributed by atoms with Gasteiger partial charge in [-0.25, -0.2) is 0 Å². The first-order valence-electron chi connectivity index (χ1n) is 6.18. The number of fused-ring (bicyclic) bond motifs is 3. The molecule has 0 atom stereocenters. The molecule has 0 unspecified atom stereocenters. The van der Waals surface area contributed by atoms with E-state index in [0.717, 1.165) is 24.5 Å². The first-order valence-corrected chi connectivity index (χ1v) is 21.9. The Morgan fingerprint density at radius 1 is 1.00 bits per heavy atom. The summed E-state index contributed by atoms with van der Waals surface area (Å²) in [6, 6.07) is 4.22. The minimum absolute atomic E-state index is 0.780. The Balaban J connectivity index is 0.000000232. The van der Waals surface area contributed by atoms with E-state index in [2.05, 4.69) is 69.7 Å². The molecule has 0 bridgehead atoms. The molecule has 1 aromatic rings. The van der Waals surface area contributed by atoms with Crippen LogP contribution < -0.4 is 0 Å². The van der Waals surface area contributed by atoms with Crippen LogP contribution in [-0.2, 0) is 0 Å². The number of hydrogen-bond acceptors (Lipinski definition) is 0. The zero-order valence-corrected chi connectivity index (χ0v) is 16.2. The fraction of sp³-hybridized carbons (Fsp3) is 0.286. The van der Waals surface area contributed by atoms with Crippen molar-refractivity contribution in [3.8, 4) is 0 Å². The van der Waals surface area contributed by atoms with Crippen molar-refractivity contribution in [2.75, 3.05) is 13.1 Å². The maximum absolute atomic E-state index is 5.66. The monoisotopic (exact) mass is 446 g/mol. The summed E-state index contributed by atoms with van der Waals surface area (Å²) in [6.07, 6.45) is 8.40. The molecule has 0 amide bonds. The van der Waals surface area contributed by atoms with Gasteiger partial charge >= 0.3 is 46.5 Å². The Bertz CT molecular complexity index is 474. The Labute approximate surface area is 128 Å². The third-order valence-corrected chi connectivity index (χ3v) is 2.52. The van der Waals surface area contributed by atoms with Gasteiger partial charge < -0.3 is 10.6 Å². The van der Waals surface area contributed by atoms with Crippen LogP contribution in [0.3, 0.4) is 0 Å². The normalized spacial score (nSPS) is 15.4. The molecule has 19 heavy (non-hydrogen) atoms. The Morgan fingerprint density at radius 3 is 1.74 bits per heavy atom. The average Bonchev–Trinajstić information content (AvgIpc) is 2.37. The van der Waals surface area contributed by atoms with E-state index in [1.807, 2.05) is 0 Å². The fourth-order valence-electron chi connectivity index (χ4n) is 1.86. The SMILES string of the molecule is C1=Cc2ccc3c(c2[N-]C1)[N-]CC=C3.[CH3][Sn]([CH3])([Cl])[Br]. The third kappa shape index (κ3) is 4.72. The molecule has 5 heteroatoms. The summed E-state index contributed by atoms with van der Waals surface area (Å²) in [6.45, 7) is 1.56. The molecule has 1 aromatic carbocycles. The summed E-state index contributed by atoms with van der Waals surface area (Å²) in [4.78, 5) is 4.16. The van der Waals surface area contributed by atoms with Crippen LogP contribution >= 0.6 is 21.6 Å². The number of rotatable bonds is 0. The molecule has 0 saturated heterocycles. The number of hydrogen-bond donors (Lipinski definition) is 0. The van der Waals surface area contributed by atoms with Crippen molar-refractivity contribution < 1.29 is 0 Å². The van der Waals surface area contributed by atoms with E-state index in [1.165, 1.54) is 11.1 Å². The van der Waals surface area contributed by atoms with Gasteiger partial charge in [0.15, 0.2) is 0 Å². The summed E-state index contributed by atoms with van der Waals surface area (Å²) in [5.74, 6) is 0. The van der Waals surface area contributed by atoms with Crippen molar-refractivity contribution in [3.63, 3.8) is 0 Å². The van der Waals surface area contributed by atoms with Gasteiger partial charge in [0.25, 0.3) is 0 Å². The zero-order valence-electron chi connectivity index (χ0n) is 11.0. The topological polar surface area (TPSA) is 28.2 Å². The standard InChI is InChI=1S/C12H10N2.2CH3.BrH.ClH.Sn/c1-3-9-5-6-10-4-2-8-14-12(10)11(9)13-7-1;;;;;/h1-6H,7-8H2;2*1H3;2*1H;/q-2;;;;;+2/p-2. The molecule has 102 valence electrons. The van der Waals surface area contributed by atoms with Crippen LogP contribution in [0.5, 0.6) is 0 Å². The molecule has 3 rings (SSSR count). The Kier molecular flexibility index (Phi) is 5.26. The van der Waals surface area contributed by atoms with E-state index >= 15 is 0 Å². The third-order valence-electron chi connectivity index (χ3n) is 2.52. The second-order valence-electron chi connectivity index (χ2n) is 4.75. The van der Waals surface area contributed by atoms with Crippen LogP contribution in [0.15, 0.2) is 24.3 Å². The quantitative estimate of drug-likeness (QED) is 0.433. The van der Waals surface area contributed by atoms with Crippen molar-refractivity contribution in [3.05, 3.63) is 46.0 Å². The summed E-state index contributed by atoms with van der Waals surface area (Å²) >= 11 is 1.46. The van der Waals surface area contributed by atoms with Gasteiger partial charge in [0.2, 0.25) is 0 Å². The minimum atomic E-state index is -1.90. The first kappa shape index (κ1) is 15.3. The van der Waals surface area contributed by atoms with Gasteiger partial charge in [0.05, 0.1) is 0 Å². The number of nitrogens with zero attached hydrogens (tertiary/aromatic N) is 2. The Morgan fingerprint density at radius 2 is 1.37 bits per heavy atom. The molecule has 2 nitrogen and oxygen atoms in total. The summed E-state index contributed by atoms with van der Waals surface area (Å²) in [5.41, 5.74) is 4.51. The molecule has 2 aliphatic rings. The van der Waals surface area contributed by atoms with Crippen LogP contribution in [0, 0.1) is 0 Å². The predicted octanol–water partition coefficient (Wildman–Crippen LogP) is 6.07. The fourth-order valence-corrected chi connectivity index (χ4v) is 1.86. The molecule has 2 heterocycles. The van der Waals surface area contributed by atoms with Crippen molar-refractivity contribution in [2.24, 2.45) is 0 Å². The second-order valence-corrected chi connectivity index (χ2v) is 35.0. The van der Waals surface area contributed by atoms with Gasteiger partial charge in [-0.15, -0.1) is 36.6 Å². The zero-order chi connectivity index (χ0) is 13.9. The van der Waals surface area contributed by atoms with Gasteiger partial charge in [-0.1, -0.05) is 24.3 Å². The summed E-state index contributed by atoms with van der Waals surface area (Å²) in [7, 11) is 5.66. The van der Waals surface area contributed by atoms with E-state index in [-0.39, 0.29) is 0 Å². The van der Waals surface area contributed by atoms with Crippen LogP contribution in [0.25, 0.3) is 22.8 Å². The molecular formula is C14H16BrClN2Sn-2. The van der Waals surface area contributed by atoms with E-state index in [4.69, 9.17) is 8.92 Å². The van der Waals surface area contributed by atoms with Crippen molar-refractivity contribution in [1.29, 1.82) is 0 Å². The Hall–Kier alpha value is -0.131. The molecule has 0 N–H and O–H groups in total. The van der Waals surface area contributed by atoms with E-state index in [1.54, 1.807) is 0 Å². The molecule has 0 fully saturated rings. The molecule has 0 spiro atoms. The van der Waals surface area contributed by atoms with Gasteiger partial charge in [-0.3, -0.25) is 0 Å². The molecular weight excluding hydrogens is 430 g/mol. The predicted molar refractivity (Wildman–Crippen MR) is 92.5 cm³/mol. The molecule has 0 radical (unpaired) electrons. The summed E-state index contributed by atoms with van der Waals surface area (Å²) in [5, 5.41) is 8.98. The molecule has 0 saturated carbocycles. The van der Waals surface area contributed by atoms with Crippen LogP contribution in [0.1, 0.15) is 11.1 Å². The summed E-state index contributed by atoms with van der Waals surface area (Å²) < 4.78 is 0. The van der Waals surface area contributed by atoms with Crippen LogP contribution in [-0.4, -0.2) is 28.1 Å². The second kappa shape index (κ2) is 6.55. The van der Waals surface area contributed by atoms with E-state index in [9.17, 15) is 0 Å². The van der Waals surface area contributed by atoms with Crippen molar-refractivity contribution in [1.82, 2.24) is 0 Å². The van der Waals surface area contributed by atoms with Gasteiger partial charge in [0, 0.05) is 0 Å². The first-order chi connectivity index (χ1) is 8.95. The van der Waals surface area contributed by atoms with E-state index in [0.29, 0.717) is 0 Å². The average molecular weight is 446 g/mol. The number of halogens is 2.